The van der Waals surface area contributed by atoms with Crippen molar-refractivity contribution >= 4 is 65.0 Å². The molecule has 4 nitrogen and oxygen atoms in total. The van der Waals surface area contributed by atoms with E-state index < -0.39 is 0 Å². The van der Waals surface area contributed by atoms with E-state index in [2.05, 4.69) is 140 Å². The number of furan rings is 1. The van der Waals surface area contributed by atoms with Crippen molar-refractivity contribution in [3.8, 4) is 45.3 Å². The molecule has 0 atom stereocenters. The Labute approximate surface area is 304 Å². The third-order valence-electron chi connectivity index (χ3n) is 10.5. The lowest BCUT2D eigenvalue weighted by molar-refractivity contribution is 0.669. The van der Waals surface area contributed by atoms with Crippen LogP contribution in [-0.2, 0) is 0 Å². The molecule has 0 saturated carbocycles. The number of aromatic nitrogens is 3. The van der Waals surface area contributed by atoms with E-state index in [0.29, 0.717) is 17.5 Å². The second-order valence-corrected chi connectivity index (χ2v) is 13.6. The summed E-state index contributed by atoms with van der Waals surface area (Å²) in [5.41, 5.74) is 6.69. The number of rotatable bonds is 4. The lowest BCUT2D eigenvalue weighted by Gasteiger charge is -2.11. The second kappa shape index (κ2) is 11.7. The van der Waals surface area contributed by atoms with Gasteiger partial charge in [-0.25, -0.2) is 15.0 Å². The Morgan fingerprint density at radius 2 is 0.830 bits per heavy atom. The van der Waals surface area contributed by atoms with E-state index >= 15 is 0 Å². The first-order valence-corrected chi connectivity index (χ1v) is 17.9. The Morgan fingerprint density at radius 3 is 1.57 bits per heavy atom. The molecule has 9 aromatic carbocycles. The molecule has 0 unspecified atom stereocenters. The van der Waals surface area contributed by atoms with Gasteiger partial charge in [0.15, 0.2) is 17.5 Å². The molecule has 2 aromatic heterocycles. The van der Waals surface area contributed by atoms with Crippen molar-refractivity contribution < 1.29 is 4.42 Å². The van der Waals surface area contributed by atoms with Crippen LogP contribution in [0.4, 0.5) is 0 Å². The van der Waals surface area contributed by atoms with E-state index in [1.165, 1.54) is 37.7 Å². The standard InChI is InChI=1S/C49H29N3O/c1-3-11-30(12-4-1)43-29-45-46(41-18-10-9-17-38(41)43)42-26-22-35(28-44(42)53-45)49-51-47(32-14-5-2-6-15-32)50-48(52-49)34-21-23-37-33(27-34)20-25-39-36-16-8-7-13-31(36)19-24-40(37)39/h1-29H. The zero-order chi connectivity index (χ0) is 34.9. The van der Waals surface area contributed by atoms with Gasteiger partial charge < -0.3 is 4.42 Å². The van der Waals surface area contributed by atoms with Gasteiger partial charge in [0.05, 0.1) is 0 Å². The number of benzene rings is 9. The van der Waals surface area contributed by atoms with Crippen molar-refractivity contribution in [3.63, 3.8) is 0 Å². The monoisotopic (exact) mass is 675 g/mol. The fourth-order valence-corrected chi connectivity index (χ4v) is 7.95. The van der Waals surface area contributed by atoms with Crippen molar-refractivity contribution in [1.82, 2.24) is 15.0 Å². The molecule has 2 heterocycles. The SMILES string of the molecule is c1ccc(-c2nc(-c3ccc4c(ccc5c6ccccc6ccc45)c3)nc(-c3ccc4c(c3)oc3cc(-c5ccccc5)c5ccccc5c34)n2)cc1. The average Bonchev–Trinajstić information content (AvgIpc) is 3.61. The van der Waals surface area contributed by atoms with Gasteiger partial charge in [0.2, 0.25) is 0 Å². The van der Waals surface area contributed by atoms with Crippen molar-refractivity contribution in [2.75, 3.05) is 0 Å². The van der Waals surface area contributed by atoms with E-state index in [4.69, 9.17) is 19.4 Å². The van der Waals surface area contributed by atoms with E-state index in [1.54, 1.807) is 0 Å². The predicted molar refractivity (Wildman–Crippen MR) is 219 cm³/mol. The molecular formula is C49H29N3O. The van der Waals surface area contributed by atoms with Gasteiger partial charge in [-0.05, 0) is 78.5 Å². The molecule has 0 saturated heterocycles. The fourth-order valence-electron chi connectivity index (χ4n) is 7.95. The molecule has 0 spiro atoms. The lowest BCUT2D eigenvalue weighted by atomic mass is 9.95. The van der Waals surface area contributed by atoms with E-state index in [-0.39, 0.29) is 0 Å². The maximum absolute atomic E-state index is 6.65. The summed E-state index contributed by atoms with van der Waals surface area (Å²) in [5.74, 6) is 1.84. The summed E-state index contributed by atoms with van der Waals surface area (Å²) in [5, 5.41) is 11.9. The van der Waals surface area contributed by atoms with Crippen molar-refractivity contribution in [2.24, 2.45) is 0 Å². The largest absolute Gasteiger partial charge is 0.456 e. The molecule has 0 radical (unpaired) electrons. The van der Waals surface area contributed by atoms with Gasteiger partial charge in [-0.1, -0.05) is 152 Å². The third-order valence-corrected chi connectivity index (χ3v) is 10.5. The van der Waals surface area contributed by atoms with Gasteiger partial charge in [0.25, 0.3) is 0 Å². The number of hydrogen-bond donors (Lipinski definition) is 0. The molecule has 0 amide bonds. The summed E-state index contributed by atoms with van der Waals surface area (Å²) < 4.78 is 6.65. The molecule has 0 bridgehead atoms. The van der Waals surface area contributed by atoms with E-state index in [0.717, 1.165) is 55.1 Å². The molecule has 0 N–H and O–H groups in total. The minimum Gasteiger partial charge on any atom is -0.456 e. The first kappa shape index (κ1) is 29.5. The quantitative estimate of drug-likeness (QED) is 0.174. The second-order valence-electron chi connectivity index (χ2n) is 13.6. The molecule has 0 aliphatic rings. The number of hydrogen-bond acceptors (Lipinski definition) is 4. The van der Waals surface area contributed by atoms with Crippen LogP contribution in [0.25, 0.3) is 110 Å². The summed E-state index contributed by atoms with van der Waals surface area (Å²) >= 11 is 0. The summed E-state index contributed by atoms with van der Waals surface area (Å²) in [6.07, 6.45) is 0. The lowest BCUT2D eigenvalue weighted by Crippen LogP contribution is -2.00. The van der Waals surface area contributed by atoms with Crippen LogP contribution >= 0.6 is 0 Å². The van der Waals surface area contributed by atoms with Crippen molar-refractivity contribution in [2.45, 2.75) is 0 Å². The van der Waals surface area contributed by atoms with Crippen molar-refractivity contribution in [3.05, 3.63) is 176 Å². The van der Waals surface area contributed by atoms with Gasteiger partial charge in [0, 0.05) is 27.5 Å². The number of nitrogens with zero attached hydrogens (tertiary/aromatic N) is 3. The van der Waals surface area contributed by atoms with Gasteiger partial charge in [0.1, 0.15) is 11.2 Å². The fraction of sp³-hybridized carbons (Fsp3) is 0. The van der Waals surface area contributed by atoms with Crippen LogP contribution in [-0.4, -0.2) is 15.0 Å². The highest BCUT2D eigenvalue weighted by molar-refractivity contribution is 6.22. The normalized spacial score (nSPS) is 11.8. The molecule has 4 heteroatoms. The molecule has 0 fully saturated rings. The average molecular weight is 676 g/mol. The zero-order valence-electron chi connectivity index (χ0n) is 28.5. The smallest absolute Gasteiger partial charge is 0.164 e. The van der Waals surface area contributed by atoms with Gasteiger partial charge in [-0.15, -0.1) is 0 Å². The molecule has 53 heavy (non-hydrogen) atoms. The summed E-state index contributed by atoms with van der Waals surface area (Å²) in [6.45, 7) is 0. The first-order valence-electron chi connectivity index (χ1n) is 17.9. The molecule has 11 rings (SSSR count). The van der Waals surface area contributed by atoms with Crippen LogP contribution in [0.5, 0.6) is 0 Å². The van der Waals surface area contributed by atoms with Crippen LogP contribution < -0.4 is 0 Å². The maximum Gasteiger partial charge on any atom is 0.164 e. The van der Waals surface area contributed by atoms with Crippen LogP contribution in [0.15, 0.2) is 180 Å². The first-order chi connectivity index (χ1) is 26.2. The van der Waals surface area contributed by atoms with Crippen LogP contribution in [0.2, 0.25) is 0 Å². The van der Waals surface area contributed by atoms with Gasteiger partial charge in [-0.3, -0.25) is 0 Å². The predicted octanol–water partition coefficient (Wildman–Crippen LogP) is 13.1. The highest BCUT2D eigenvalue weighted by Crippen LogP contribution is 2.41. The van der Waals surface area contributed by atoms with Gasteiger partial charge >= 0.3 is 0 Å². The molecule has 246 valence electrons. The Bertz CT molecular complexity index is 3220. The molecular weight excluding hydrogens is 647 g/mol. The van der Waals surface area contributed by atoms with Gasteiger partial charge in [-0.2, -0.15) is 0 Å². The molecule has 0 aliphatic carbocycles. The Hall–Kier alpha value is -7.17. The van der Waals surface area contributed by atoms with Crippen LogP contribution in [0.1, 0.15) is 0 Å². The van der Waals surface area contributed by atoms with E-state index in [1.807, 2.05) is 36.4 Å². The molecule has 0 aliphatic heterocycles. The summed E-state index contributed by atoms with van der Waals surface area (Å²) in [6, 6.07) is 61.6. The highest BCUT2D eigenvalue weighted by atomic mass is 16.3. The van der Waals surface area contributed by atoms with E-state index in [9.17, 15) is 0 Å². The number of fused-ring (bicyclic) bond motifs is 10. The Morgan fingerprint density at radius 1 is 0.302 bits per heavy atom. The summed E-state index contributed by atoms with van der Waals surface area (Å²) in [7, 11) is 0. The zero-order valence-corrected chi connectivity index (χ0v) is 28.5. The maximum atomic E-state index is 6.65. The minimum absolute atomic E-state index is 0.594. The van der Waals surface area contributed by atoms with Crippen molar-refractivity contribution in [1.29, 1.82) is 0 Å². The molecule has 11 aromatic rings. The third kappa shape index (κ3) is 4.80. The Balaban J connectivity index is 1.08. The summed E-state index contributed by atoms with van der Waals surface area (Å²) in [4.78, 5) is 15.2. The van der Waals surface area contributed by atoms with Crippen LogP contribution in [0.3, 0.4) is 0 Å². The topological polar surface area (TPSA) is 51.8 Å². The minimum atomic E-state index is 0.594. The Kier molecular flexibility index (Phi) is 6.52. The van der Waals surface area contributed by atoms with Crippen LogP contribution in [0, 0.1) is 0 Å². The highest BCUT2D eigenvalue weighted by Gasteiger charge is 2.18.